The Kier molecular flexibility index (Phi) is 3.94. The van der Waals surface area contributed by atoms with E-state index in [1.54, 1.807) is 0 Å². The lowest BCUT2D eigenvalue weighted by Crippen LogP contribution is -2.00. The third-order valence-corrected chi connectivity index (χ3v) is 2.58. The normalized spacial score (nSPS) is 10.9. The summed E-state index contributed by atoms with van der Waals surface area (Å²) in [4.78, 5) is 0. The summed E-state index contributed by atoms with van der Waals surface area (Å²) in [6, 6.07) is 7.94. The zero-order valence-corrected chi connectivity index (χ0v) is 10.6. The first-order valence-electron chi connectivity index (χ1n) is 5.93. The molecule has 0 aliphatic rings. The quantitative estimate of drug-likeness (QED) is 0.877. The lowest BCUT2D eigenvalue weighted by molar-refractivity contribution is 0.256. The van der Waals surface area contributed by atoms with Gasteiger partial charge in [0.25, 0.3) is 5.89 Å². The Labute approximate surface area is 106 Å². The molecule has 0 spiro atoms. The first kappa shape index (κ1) is 12.6. The molecule has 2 rings (SSSR count). The van der Waals surface area contributed by atoms with Crippen LogP contribution in [0, 0.1) is 0 Å². The predicted octanol–water partition coefficient (Wildman–Crippen LogP) is 2.23. The van der Waals surface area contributed by atoms with E-state index >= 15 is 0 Å². The van der Waals surface area contributed by atoms with E-state index < -0.39 is 0 Å². The highest BCUT2D eigenvalue weighted by molar-refractivity contribution is 5.35. The van der Waals surface area contributed by atoms with Crippen molar-refractivity contribution in [3.8, 4) is 5.75 Å². The van der Waals surface area contributed by atoms with Gasteiger partial charge in [-0.05, 0) is 17.5 Å². The SMILES string of the molecule is CC(C)c1ccccc1OCc1nnc(CN)o1. The van der Waals surface area contributed by atoms with Crippen LogP contribution < -0.4 is 10.5 Å². The van der Waals surface area contributed by atoms with Gasteiger partial charge < -0.3 is 14.9 Å². The van der Waals surface area contributed by atoms with Gasteiger partial charge in [0.2, 0.25) is 5.89 Å². The molecule has 2 aromatic rings. The van der Waals surface area contributed by atoms with Gasteiger partial charge in [0, 0.05) is 0 Å². The molecular formula is C13H17N3O2. The lowest BCUT2D eigenvalue weighted by Gasteiger charge is -2.12. The van der Waals surface area contributed by atoms with Crippen molar-refractivity contribution in [2.45, 2.75) is 32.9 Å². The molecule has 1 aromatic heterocycles. The van der Waals surface area contributed by atoms with E-state index in [0.717, 1.165) is 11.3 Å². The zero-order valence-electron chi connectivity index (χ0n) is 10.6. The predicted molar refractivity (Wildman–Crippen MR) is 67.1 cm³/mol. The lowest BCUT2D eigenvalue weighted by atomic mass is 10.0. The minimum atomic E-state index is 0.246. The molecule has 0 saturated carbocycles. The summed E-state index contributed by atoms with van der Waals surface area (Å²) >= 11 is 0. The molecular weight excluding hydrogens is 230 g/mol. The van der Waals surface area contributed by atoms with Crippen LogP contribution in [0.25, 0.3) is 0 Å². The summed E-state index contributed by atoms with van der Waals surface area (Å²) in [7, 11) is 0. The van der Waals surface area contributed by atoms with Gasteiger partial charge in [0.15, 0.2) is 6.61 Å². The Morgan fingerprint density at radius 2 is 1.94 bits per heavy atom. The summed E-state index contributed by atoms with van der Waals surface area (Å²) in [5.74, 6) is 2.11. The highest BCUT2D eigenvalue weighted by Crippen LogP contribution is 2.26. The van der Waals surface area contributed by atoms with E-state index in [-0.39, 0.29) is 13.2 Å². The minimum absolute atomic E-state index is 0.246. The van der Waals surface area contributed by atoms with Gasteiger partial charge in [-0.3, -0.25) is 0 Å². The Bertz CT molecular complexity index is 508. The fraction of sp³-hybridized carbons (Fsp3) is 0.385. The minimum Gasteiger partial charge on any atom is -0.484 e. The fourth-order valence-corrected chi connectivity index (χ4v) is 1.66. The van der Waals surface area contributed by atoms with Crippen molar-refractivity contribution < 1.29 is 9.15 Å². The maximum absolute atomic E-state index is 5.71. The molecule has 0 aliphatic carbocycles. The number of hydrogen-bond donors (Lipinski definition) is 1. The summed E-state index contributed by atoms with van der Waals surface area (Å²) < 4.78 is 11.0. The van der Waals surface area contributed by atoms with Crippen LogP contribution in [0.3, 0.4) is 0 Å². The molecule has 0 unspecified atom stereocenters. The molecule has 0 amide bonds. The third-order valence-electron chi connectivity index (χ3n) is 2.58. The van der Waals surface area contributed by atoms with Gasteiger partial charge in [0.1, 0.15) is 5.75 Å². The van der Waals surface area contributed by atoms with E-state index in [4.69, 9.17) is 14.9 Å². The van der Waals surface area contributed by atoms with Crippen molar-refractivity contribution in [2.75, 3.05) is 0 Å². The first-order chi connectivity index (χ1) is 8.70. The van der Waals surface area contributed by atoms with Crippen LogP contribution in [0.1, 0.15) is 37.1 Å². The molecule has 0 bridgehead atoms. The molecule has 1 aromatic carbocycles. The zero-order chi connectivity index (χ0) is 13.0. The Balaban J connectivity index is 2.05. The van der Waals surface area contributed by atoms with Crippen molar-refractivity contribution >= 4 is 0 Å². The van der Waals surface area contributed by atoms with E-state index in [1.165, 1.54) is 0 Å². The van der Waals surface area contributed by atoms with Crippen LogP contribution in [0.5, 0.6) is 5.75 Å². The summed E-state index contributed by atoms with van der Waals surface area (Å²) in [5, 5.41) is 7.64. The largest absolute Gasteiger partial charge is 0.484 e. The second-order valence-corrected chi connectivity index (χ2v) is 4.27. The number of benzene rings is 1. The summed E-state index contributed by atoms with van der Waals surface area (Å²) in [6.07, 6.45) is 0. The van der Waals surface area contributed by atoms with E-state index in [0.29, 0.717) is 17.7 Å². The van der Waals surface area contributed by atoms with Crippen molar-refractivity contribution in [2.24, 2.45) is 5.73 Å². The third kappa shape index (κ3) is 2.87. The number of nitrogens with two attached hydrogens (primary N) is 1. The fourth-order valence-electron chi connectivity index (χ4n) is 1.66. The highest BCUT2D eigenvalue weighted by Gasteiger charge is 2.09. The summed E-state index contributed by atoms with van der Waals surface area (Å²) in [5.41, 5.74) is 6.56. The second-order valence-electron chi connectivity index (χ2n) is 4.27. The maximum Gasteiger partial charge on any atom is 0.253 e. The Hall–Kier alpha value is -1.88. The smallest absolute Gasteiger partial charge is 0.253 e. The van der Waals surface area contributed by atoms with Gasteiger partial charge in [-0.15, -0.1) is 10.2 Å². The van der Waals surface area contributed by atoms with Crippen molar-refractivity contribution in [1.29, 1.82) is 0 Å². The molecule has 0 aliphatic heterocycles. The monoisotopic (exact) mass is 247 g/mol. The van der Waals surface area contributed by atoms with Crippen LogP contribution in [0.15, 0.2) is 28.7 Å². The molecule has 0 radical (unpaired) electrons. The average molecular weight is 247 g/mol. The molecule has 0 atom stereocenters. The van der Waals surface area contributed by atoms with Gasteiger partial charge in [-0.2, -0.15) is 0 Å². The number of aromatic nitrogens is 2. The van der Waals surface area contributed by atoms with E-state index in [1.807, 2.05) is 18.2 Å². The van der Waals surface area contributed by atoms with Crippen LogP contribution >= 0.6 is 0 Å². The Morgan fingerprint density at radius 3 is 2.61 bits per heavy atom. The van der Waals surface area contributed by atoms with Crippen LogP contribution in [0.4, 0.5) is 0 Å². The number of rotatable bonds is 5. The highest BCUT2D eigenvalue weighted by atomic mass is 16.5. The van der Waals surface area contributed by atoms with Gasteiger partial charge in [0.05, 0.1) is 6.54 Å². The van der Waals surface area contributed by atoms with E-state index in [9.17, 15) is 0 Å². The number of nitrogens with zero attached hydrogens (tertiary/aromatic N) is 2. The van der Waals surface area contributed by atoms with Crippen molar-refractivity contribution in [1.82, 2.24) is 10.2 Å². The average Bonchev–Trinajstić information content (AvgIpc) is 2.84. The number of ether oxygens (including phenoxy) is 1. The molecule has 2 N–H and O–H groups in total. The first-order valence-corrected chi connectivity index (χ1v) is 5.93. The molecule has 18 heavy (non-hydrogen) atoms. The van der Waals surface area contributed by atoms with Crippen LogP contribution in [-0.4, -0.2) is 10.2 Å². The van der Waals surface area contributed by atoms with Crippen molar-refractivity contribution in [3.05, 3.63) is 41.6 Å². The standard InChI is InChI=1S/C13H17N3O2/c1-9(2)10-5-3-4-6-11(10)17-8-13-16-15-12(7-14)18-13/h3-6,9H,7-8,14H2,1-2H3. The molecule has 5 nitrogen and oxygen atoms in total. The number of hydrogen-bond acceptors (Lipinski definition) is 5. The number of para-hydroxylation sites is 1. The van der Waals surface area contributed by atoms with E-state index in [2.05, 4.69) is 30.1 Å². The van der Waals surface area contributed by atoms with Crippen molar-refractivity contribution in [3.63, 3.8) is 0 Å². The van der Waals surface area contributed by atoms with Crippen LogP contribution in [-0.2, 0) is 13.2 Å². The Morgan fingerprint density at radius 1 is 1.22 bits per heavy atom. The van der Waals surface area contributed by atoms with Crippen LogP contribution in [0.2, 0.25) is 0 Å². The molecule has 96 valence electrons. The summed E-state index contributed by atoms with van der Waals surface area (Å²) in [6.45, 7) is 4.76. The molecule has 0 fully saturated rings. The topological polar surface area (TPSA) is 74.2 Å². The van der Waals surface area contributed by atoms with Gasteiger partial charge in [-0.1, -0.05) is 32.0 Å². The van der Waals surface area contributed by atoms with Gasteiger partial charge >= 0.3 is 0 Å². The maximum atomic E-state index is 5.71. The second kappa shape index (κ2) is 5.64. The molecule has 0 saturated heterocycles. The molecule has 1 heterocycles. The van der Waals surface area contributed by atoms with Gasteiger partial charge in [-0.25, -0.2) is 0 Å². The molecule has 5 heteroatoms.